The molecule has 4 aromatic rings. The van der Waals surface area contributed by atoms with Gasteiger partial charge in [-0.1, -0.05) is 36.8 Å². The summed E-state index contributed by atoms with van der Waals surface area (Å²) in [5.41, 5.74) is -0.249. The number of methoxy groups -OCH3 is 1. The molecule has 1 saturated heterocycles. The molecule has 0 aliphatic carbocycles. The number of nitrogens with one attached hydrogen (secondary N) is 2. The van der Waals surface area contributed by atoms with Crippen molar-refractivity contribution < 1.29 is 32.1 Å². The van der Waals surface area contributed by atoms with Crippen molar-refractivity contribution in [1.29, 1.82) is 0 Å². The van der Waals surface area contributed by atoms with Gasteiger partial charge in [0, 0.05) is 55.2 Å². The highest BCUT2D eigenvalue weighted by molar-refractivity contribution is 6.02. The number of hydrogen-bond acceptors (Lipinski definition) is 9. The van der Waals surface area contributed by atoms with Crippen LogP contribution in [0.5, 0.6) is 5.75 Å². The van der Waals surface area contributed by atoms with Crippen LogP contribution in [0.25, 0.3) is 17.1 Å². The third kappa shape index (κ3) is 6.53. The highest BCUT2D eigenvalue weighted by Crippen LogP contribution is 2.38. The Hall–Kier alpha value is -4.74. The van der Waals surface area contributed by atoms with Gasteiger partial charge in [-0.2, -0.15) is 10.1 Å². The van der Waals surface area contributed by atoms with Crippen molar-refractivity contribution in [3.8, 4) is 22.8 Å². The molecule has 1 aliphatic heterocycles. The number of aromatic nitrogens is 4. The maximum absolute atomic E-state index is 12.6. The highest BCUT2D eigenvalue weighted by atomic mass is 16.5. The van der Waals surface area contributed by atoms with Gasteiger partial charge in [-0.3, -0.25) is 4.79 Å². The summed E-state index contributed by atoms with van der Waals surface area (Å²) in [6.07, 6.45) is 3.83. The number of rotatable bonds is 10. The summed E-state index contributed by atoms with van der Waals surface area (Å²) in [5, 5.41) is 9.90. The Labute approximate surface area is 257 Å². The van der Waals surface area contributed by atoms with Crippen molar-refractivity contribution in [2.75, 3.05) is 62.9 Å². The summed E-state index contributed by atoms with van der Waals surface area (Å²) < 4.78 is 119. The number of benzene rings is 2. The fourth-order valence-electron chi connectivity index (χ4n) is 3.84. The lowest BCUT2D eigenvalue weighted by atomic mass is 10.1. The standard InChI is InChI=1S/C30H34N8O3/c1-5-28(39)32-23-17-24(26(40-4)18-25(23)37-13-15-41-16-14-37)33-30-31-12-11-27(34-30)38-20-22(19-36(2)3)29(35-38)21-9-7-6-8-10-21/h5-12,17-18,20H,1,13-16,19H2,2-4H3,(H,32,39)(H,31,33,34)/i6D,7D,8D,9D,10D,13D2,14D2,15D2,16D2. The number of anilines is 4. The molecule has 2 N–H and O–H groups in total. The summed E-state index contributed by atoms with van der Waals surface area (Å²) in [6.45, 7) is -9.80. The lowest BCUT2D eigenvalue weighted by Crippen LogP contribution is -2.36. The molecule has 5 rings (SSSR count). The molecule has 3 heterocycles. The Morgan fingerprint density at radius 3 is 2.73 bits per heavy atom. The zero-order chi connectivity index (χ0) is 40.3. The first-order chi connectivity index (χ1) is 25.0. The van der Waals surface area contributed by atoms with E-state index in [2.05, 4.69) is 37.0 Å². The average Bonchev–Trinajstić information content (AvgIpc) is 3.48. The Morgan fingerprint density at radius 2 is 2.02 bits per heavy atom. The first-order valence-corrected chi connectivity index (χ1v) is 12.1. The molecular formula is C30H34N8O3. The molecule has 1 amide bonds. The van der Waals surface area contributed by atoms with E-state index in [0.29, 0.717) is 5.56 Å². The minimum Gasteiger partial charge on any atom is -0.494 e. The Balaban J connectivity index is 1.63. The quantitative estimate of drug-likeness (QED) is 0.274. The van der Waals surface area contributed by atoms with Crippen LogP contribution in [0.4, 0.5) is 23.0 Å². The second kappa shape index (κ2) is 12.6. The third-order valence-corrected chi connectivity index (χ3v) is 5.55. The molecule has 0 saturated carbocycles. The van der Waals surface area contributed by atoms with Gasteiger partial charge in [-0.15, -0.1) is 0 Å². The second-order valence-corrected chi connectivity index (χ2v) is 8.68. The van der Waals surface area contributed by atoms with Gasteiger partial charge in [0.15, 0.2) is 5.82 Å². The van der Waals surface area contributed by atoms with E-state index in [1.165, 1.54) is 30.1 Å². The minimum atomic E-state index is -3.39. The van der Waals surface area contributed by atoms with E-state index in [4.69, 9.17) is 22.6 Å². The smallest absolute Gasteiger partial charge is 0.247 e. The zero-order valence-corrected chi connectivity index (χ0v) is 22.3. The van der Waals surface area contributed by atoms with Crippen LogP contribution in [-0.4, -0.2) is 77.9 Å². The molecule has 2 aromatic carbocycles. The lowest BCUT2D eigenvalue weighted by Gasteiger charge is -2.31. The maximum Gasteiger partial charge on any atom is 0.247 e. The summed E-state index contributed by atoms with van der Waals surface area (Å²) >= 11 is 0. The number of carbonyl (C=O) groups excluding carboxylic acids is 1. The van der Waals surface area contributed by atoms with Crippen LogP contribution in [0.2, 0.25) is 0 Å². The number of morpholine rings is 1. The molecule has 2 aromatic heterocycles. The Morgan fingerprint density at radius 1 is 1.24 bits per heavy atom. The van der Waals surface area contributed by atoms with E-state index in [-0.39, 0.29) is 51.6 Å². The maximum atomic E-state index is 12.6. The molecule has 1 aliphatic rings. The minimum absolute atomic E-state index is 0.0340. The van der Waals surface area contributed by atoms with E-state index in [9.17, 15) is 4.79 Å². The van der Waals surface area contributed by atoms with Crippen LogP contribution in [0.15, 0.2) is 73.5 Å². The molecule has 1 fully saturated rings. The first kappa shape index (κ1) is 15.9. The number of nitrogens with zero attached hydrogens (tertiary/aromatic N) is 6. The van der Waals surface area contributed by atoms with Crippen LogP contribution >= 0.6 is 0 Å². The molecule has 0 radical (unpaired) electrons. The normalized spacial score (nSPS) is 22.7. The van der Waals surface area contributed by atoms with E-state index < -0.39 is 67.9 Å². The molecule has 11 nitrogen and oxygen atoms in total. The van der Waals surface area contributed by atoms with Crippen molar-refractivity contribution in [3.63, 3.8) is 0 Å². The number of ether oxygens (including phenoxy) is 2. The fraction of sp³-hybridized carbons (Fsp3) is 0.267. The van der Waals surface area contributed by atoms with Crippen molar-refractivity contribution in [3.05, 3.63) is 79.0 Å². The van der Waals surface area contributed by atoms with E-state index in [1.807, 2.05) is 4.90 Å². The molecule has 11 heteroatoms. The Bertz CT molecular complexity index is 2090. The van der Waals surface area contributed by atoms with Gasteiger partial charge >= 0.3 is 0 Å². The average molecular weight is 568 g/mol. The summed E-state index contributed by atoms with van der Waals surface area (Å²) in [7, 11) is 4.79. The van der Waals surface area contributed by atoms with Crippen molar-refractivity contribution in [2.45, 2.75) is 6.54 Å². The summed E-state index contributed by atoms with van der Waals surface area (Å²) in [5.74, 6) is -0.863. The zero-order valence-electron chi connectivity index (χ0n) is 35.3. The van der Waals surface area contributed by atoms with Crippen LogP contribution < -0.4 is 20.3 Å². The van der Waals surface area contributed by atoms with Crippen molar-refractivity contribution in [1.82, 2.24) is 24.6 Å². The van der Waals surface area contributed by atoms with Gasteiger partial charge in [0.25, 0.3) is 0 Å². The molecular weight excluding hydrogens is 520 g/mol. The predicted molar refractivity (Wildman–Crippen MR) is 160 cm³/mol. The number of carbonyl (C=O) groups is 1. The molecule has 0 spiro atoms. The van der Waals surface area contributed by atoms with Gasteiger partial charge in [0.1, 0.15) is 5.75 Å². The third-order valence-electron chi connectivity index (χ3n) is 5.55. The fourth-order valence-corrected chi connectivity index (χ4v) is 3.84. The largest absolute Gasteiger partial charge is 0.494 e. The molecule has 41 heavy (non-hydrogen) atoms. The van der Waals surface area contributed by atoms with Gasteiger partial charge in [-0.25, -0.2) is 9.67 Å². The molecule has 0 unspecified atom stereocenters. The number of hydrogen-bond donors (Lipinski definition) is 2. The van der Waals surface area contributed by atoms with Crippen LogP contribution in [-0.2, 0) is 16.1 Å². The summed E-state index contributed by atoms with van der Waals surface area (Å²) in [6, 6.07) is 1.29. The number of amides is 1. The van der Waals surface area contributed by atoms with Gasteiger partial charge in [0.2, 0.25) is 11.9 Å². The van der Waals surface area contributed by atoms with Gasteiger partial charge < -0.3 is 29.9 Å². The van der Waals surface area contributed by atoms with Crippen molar-refractivity contribution >= 4 is 28.9 Å². The molecule has 0 atom stereocenters. The molecule has 0 bridgehead atoms. The van der Waals surface area contributed by atoms with E-state index in [1.54, 1.807) is 20.3 Å². The van der Waals surface area contributed by atoms with E-state index in [0.717, 1.165) is 12.1 Å². The highest BCUT2D eigenvalue weighted by Gasteiger charge is 2.20. The monoisotopic (exact) mass is 567 g/mol. The first-order valence-electron chi connectivity index (χ1n) is 18.6. The summed E-state index contributed by atoms with van der Waals surface area (Å²) in [4.78, 5) is 23.3. The van der Waals surface area contributed by atoms with E-state index >= 15 is 0 Å². The topological polar surface area (TPSA) is 110 Å². The second-order valence-electron chi connectivity index (χ2n) is 8.68. The van der Waals surface area contributed by atoms with Crippen LogP contribution in [0.3, 0.4) is 0 Å². The van der Waals surface area contributed by atoms with Gasteiger partial charge in [0.05, 0.1) is 60.8 Å². The SMILES string of the molecule is [2H]c1c([2H])c([2H])c(-c2nn(-c3ccnc(Nc4cc(NC(=O)C=C)c(N5C([2H])([2H])C([2H])([2H])OC([2H])([2H])C5([2H])[2H])cc4OC)n3)cc2CN(C)C)c([2H])c1[2H]. The van der Waals surface area contributed by atoms with Gasteiger partial charge in [-0.05, 0) is 26.2 Å². The van der Waals surface area contributed by atoms with Crippen LogP contribution in [0.1, 0.15) is 23.4 Å². The lowest BCUT2D eigenvalue weighted by molar-refractivity contribution is -0.111. The molecule has 212 valence electrons. The predicted octanol–water partition coefficient (Wildman–Crippen LogP) is 4.10. The van der Waals surface area contributed by atoms with Crippen molar-refractivity contribution in [2.24, 2.45) is 0 Å². The van der Waals surface area contributed by atoms with Crippen LogP contribution in [0, 0.1) is 0 Å². The Kier molecular flexibility index (Phi) is 4.89.